The van der Waals surface area contributed by atoms with E-state index in [1.807, 2.05) is 0 Å². The Morgan fingerprint density at radius 2 is 1.60 bits per heavy atom. The van der Waals surface area contributed by atoms with Crippen LogP contribution < -0.4 is 51.4 Å². The summed E-state index contributed by atoms with van der Waals surface area (Å²) in [6.45, 7) is -0.944. The smallest absolute Gasteiger partial charge is 0.449 e. The molecular formula is C5H11BF3K. The Morgan fingerprint density at radius 1 is 1.20 bits per heavy atom. The fourth-order valence-electron chi connectivity index (χ4n) is 0.522. The minimum absolute atomic E-state index is 0. The van der Waals surface area contributed by atoms with Crippen molar-refractivity contribution in [3.05, 3.63) is 0 Å². The molecule has 0 aliphatic heterocycles. The number of hydrogen-bond acceptors (Lipinski definition) is 0. The molecule has 10 heavy (non-hydrogen) atoms. The second-order valence-electron chi connectivity index (χ2n) is 2.68. The predicted octanol–water partition coefficient (Wildman–Crippen LogP) is -0.116. The first kappa shape index (κ1) is 14.0. The summed E-state index contributed by atoms with van der Waals surface area (Å²) in [5.74, 6) is 0.161. The van der Waals surface area contributed by atoms with Crippen LogP contribution in [-0.2, 0) is 0 Å². The molecule has 0 saturated heterocycles. The van der Waals surface area contributed by atoms with Gasteiger partial charge in [-0.25, -0.2) is 0 Å². The summed E-state index contributed by atoms with van der Waals surface area (Å²) < 4.78 is 34.4. The SMILES string of the molecule is CC(C)CC[B-](F)(F)F.[K+]. The summed E-state index contributed by atoms with van der Waals surface area (Å²) in [5, 5.41) is 0. The van der Waals surface area contributed by atoms with Crippen molar-refractivity contribution in [2.75, 3.05) is 0 Å². The van der Waals surface area contributed by atoms with E-state index in [-0.39, 0.29) is 63.7 Å². The molecule has 5 heteroatoms. The zero-order valence-electron chi connectivity index (χ0n) is 6.70. The van der Waals surface area contributed by atoms with Crippen molar-refractivity contribution in [1.82, 2.24) is 0 Å². The molecule has 0 nitrogen and oxygen atoms in total. The molecule has 0 aromatic heterocycles. The Labute approximate surface area is 102 Å². The molecule has 0 unspecified atom stereocenters. The van der Waals surface area contributed by atoms with Crippen molar-refractivity contribution in [2.24, 2.45) is 5.92 Å². The van der Waals surface area contributed by atoms with Gasteiger partial charge in [0.1, 0.15) is 0 Å². The molecule has 0 aromatic carbocycles. The number of halogens is 3. The van der Waals surface area contributed by atoms with Gasteiger partial charge in [0.25, 0.3) is 0 Å². The normalized spacial score (nSPS) is 11.4. The maximum Gasteiger partial charge on any atom is 1.00 e. The third-order valence-corrected chi connectivity index (χ3v) is 1.07. The molecule has 0 rings (SSSR count). The van der Waals surface area contributed by atoms with Crippen molar-refractivity contribution in [3.63, 3.8) is 0 Å². The van der Waals surface area contributed by atoms with E-state index in [4.69, 9.17) is 0 Å². The first-order chi connectivity index (χ1) is 3.92. The monoisotopic (exact) mass is 178 g/mol. The summed E-state index contributed by atoms with van der Waals surface area (Å²) in [5.41, 5.74) is 0. The van der Waals surface area contributed by atoms with Crippen LogP contribution in [0.4, 0.5) is 12.9 Å². The zero-order chi connectivity index (χ0) is 7.49. The maximum atomic E-state index is 11.5. The fraction of sp³-hybridized carbons (Fsp3) is 1.00. The fourth-order valence-corrected chi connectivity index (χ4v) is 0.522. The number of rotatable bonds is 3. The topological polar surface area (TPSA) is 0 Å². The van der Waals surface area contributed by atoms with Gasteiger partial charge in [-0.15, -0.1) is 0 Å². The van der Waals surface area contributed by atoms with Crippen LogP contribution in [0.1, 0.15) is 20.3 Å². The van der Waals surface area contributed by atoms with Crippen LogP contribution in [0.25, 0.3) is 0 Å². The van der Waals surface area contributed by atoms with Crippen LogP contribution in [0.2, 0.25) is 6.32 Å². The van der Waals surface area contributed by atoms with Gasteiger partial charge in [-0.05, 0) is 5.92 Å². The van der Waals surface area contributed by atoms with Gasteiger partial charge in [0.2, 0.25) is 0 Å². The van der Waals surface area contributed by atoms with E-state index >= 15 is 0 Å². The van der Waals surface area contributed by atoms with E-state index in [1.165, 1.54) is 0 Å². The maximum absolute atomic E-state index is 11.5. The third-order valence-electron chi connectivity index (χ3n) is 1.07. The van der Waals surface area contributed by atoms with E-state index in [1.54, 1.807) is 13.8 Å². The minimum Gasteiger partial charge on any atom is -0.449 e. The van der Waals surface area contributed by atoms with Crippen LogP contribution in [0.3, 0.4) is 0 Å². The molecule has 0 aliphatic rings. The molecule has 0 N–H and O–H groups in total. The van der Waals surface area contributed by atoms with E-state index in [9.17, 15) is 12.9 Å². The molecule has 0 aromatic rings. The Hall–Kier alpha value is 1.49. The molecule has 0 spiro atoms. The molecule has 0 saturated carbocycles. The van der Waals surface area contributed by atoms with E-state index in [2.05, 4.69) is 0 Å². The Kier molecular flexibility index (Phi) is 8.50. The Balaban J connectivity index is 0. The van der Waals surface area contributed by atoms with Crippen molar-refractivity contribution in [3.8, 4) is 0 Å². The molecule has 0 atom stereocenters. The Morgan fingerprint density at radius 3 is 1.70 bits per heavy atom. The first-order valence-corrected chi connectivity index (χ1v) is 3.13. The Bertz CT molecular complexity index is 81.5. The van der Waals surface area contributed by atoms with Gasteiger partial charge in [0.05, 0.1) is 0 Å². The van der Waals surface area contributed by atoms with Crippen molar-refractivity contribution >= 4 is 6.98 Å². The average molecular weight is 178 g/mol. The quantitative estimate of drug-likeness (QED) is 0.528. The van der Waals surface area contributed by atoms with Crippen molar-refractivity contribution < 1.29 is 64.3 Å². The van der Waals surface area contributed by atoms with Crippen molar-refractivity contribution in [2.45, 2.75) is 26.6 Å². The average Bonchev–Trinajstić information content (AvgIpc) is 1.59. The summed E-state index contributed by atoms with van der Waals surface area (Å²) in [6, 6.07) is 0. The zero-order valence-corrected chi connectivity index (χ0v) is 9.83. The van der Waals surface area contributed by atoms with Crippen LogP contribution in [0, 0.1) is 5.92 Å². The van der Waals surface area contributed by atoms with Gasteiger partial charge in [-0.3, -0.25) is 0 Å². The minimum atomic E-state index is -4.53. The molecule has 56 valence electrons. The summed E-state index contributed by atoms with van der Waals surface area (Å²) in [4.78, 5) is 0. The summed E-state index contributed by atoms with van der Waals surface area (Å²) in [6.07, 6.45) is -0.318. The summed E-state index contributed by atoms with van der Waals surface area (Å²) in [7, 11) is 0. The number of hydrogen-bond donors (Lipinski definition) is 0. The molecule has 0 fully saturated rings. The van der Waals surface area contributed by atoms with Gasteiger partial charge < -0.3 is 12.9 Å². The van der Waals surface area contributed by atoms with Gasteiger partial charge in [-0.1, -0.05) is 26.6 Å². The summed E-state index contributed by atoms with van der Waals surface area (Å²) >= 11 is 0. The third kappa shape index (κ3) is 12.2. The van der Waals surface area contributed by atoms with E-state index < -0.39 is 13.3 Å². The van der Waals surface area contributed by atoms with Crippen LogP contribution in [0.15, 0.2) is 0 Å². The second-order valence-corrected chi connectivity index (χ2v) is 2.68. The standard InChI is InChI=1S/C5H11BF3.K/c1-5(2)3-4-6(7,8)9;/h5H,3-4H2,1-2H3;/q-1;+1. The predicted molar refractivity (Wildman–Crippen MR) is 33.3 cm³/mol. The van der Waals surface area contributed by atoms with Crippen molar-refractivity contribution in [1.29, 1.82) is 0 Å². The van der Waals surface area contributed by atoms with Crippen LogP contribution >= 0.6 is 0 Å². The first-order valence-electron chi connectivity index (χ1n) is 3.13. The van der Waals surface area contributed by atoms with Crippen LogP contribution in [0.5, 0.6) is 0 Å². The van der Waals surface area contributed by atoms with Gasteiger partial charge in [-0.2, -0.15) is 0 Å². The molecule has 0 bridgehead atoms. The van der Waals surface area contributed by atoms with E-state index in [0.717, 1.165) is 0 Å². The molecular weight excluding hydrogens is 167 g/mol. The molecule has 0 radical (unpaired) electrons. The van der Waals surface area contributed by atoms with Gasteiger partial charge in [0.15, 0.2) is 0 Å². The largest absolute Gasteiger partial charge is 1.00 e. The van der Waals surface area contributed by atoms with E-state index in [0.29, 0.717) is 0 Å². The van der Waals surface area contributed by atoms with Gasteiger partial charge in [0, 0.05) is 0 Å². The molecule has 0 heterocycles. The van der Waals surface area contributed by atoms with Crippen LogP contribution in [-0.4, -0.2) is 6.98 Å². The molecule has 0 aliphatic carbocycles. The molecule has 0 amide bonds. The second kappa shape index (κ2) is 6.06. The van der Waals surface area contributed by atoms with Gasteiger partial charge >= 0.3 is 58.4 Å².